The minimum absolute atomic E-state index is 0.217. The lowest BCUT2D eigenvalue weighted by Gasteiger charge is -2.38. The van der Waals surface area contributed by atoms with Gasteiger partial charge >= 0.3 is 6.09 Å². The molecule has 2 aromatic rings. The van der Waals surface area contributed by atoms with Gasteiger partial charge in [0, 0.05) is 32.4 Å². The van der Waals surface area contributed by atoms with Crippen molar-refractivity contribution >= 4 is 29.1 Å². The zero-order chi connectivity index (χ0) is 18.9. The average molecular weight is 378 g/mol. The molecule has 0 radical (unpaired) electrons. The lowest BCUT2D eigenvalue weighted by Crippen LogP contribution is -2.47. The first-order chi connectivity index (χ1) is 12.3. The Bertz CT molecular complexity index is 777. The van der Waals surface area contributed by atoms with Crippen LogP contribution in [0.3, 0.4) is 0 Å². The van der Waals surface area contributed by atoms with Gasteiger partial charge in [-0.05, 0) is 45.9 Å². The van der Waals surface area contributed by atoms with Gasteiger partial charge in [-0.15, -0.1) is 11.8 Å². The van der Waals surface area contributed by atoms with Gasteiger partial charge < -0.3 is 14.5 Å². The van der Waals surface area contributed by atoms with Crippen LogP contribution in [0.5, 0.6) is 0 Å². The van der Waals surface area contributed by atoms with Crippen molar-refractivity contribution in [2.75, 3.05) is 31.3 Å². The molecule has 0 spiro atoms. The number of amides is 1. The number of fused-ring (bicyclic) bond motifs is 1. The molecule has 142 valence electrons. The lowest BCUT2D eigenvalue weighted by atomic mass is 10.0. The highest BCUT2D eigenvalue weighted by molar-refractivity contribution is 7.98. The molecular formula is C18H27N5O2S. The maximum atomic E-state index is 12.2. The minimum atomic E-state index is -0.454. The van der Waals surface area contributed by atoms with Crippen LogP contribution < -0.4 is 4.90 Å². The molecule has 0 atom stereocenters. The maximum absolute atomic E-state index is 12.2. The monoisotopic (exact) mass is 377 g/mol. The molecule has 26 heavy (non-hydrogen) atoms. The summed E-state index contributed by atoms with van der Waals surface area (Å²) in [6, 6.07) is 2.46. The van der Waals surface area contributed by atoms with Crippen molar-refractivity contribution < 1.29 is 9.53 Å². The van der Waals surface area contributed by atoms with Gasteiger partial charge in [-0.2, -0.15) is 5.10 Å². The van der Waals surface area contributed by atoms with E-state index in [1.807, 2.05) is 42.6 Å². The Morgan fingerprint density at radius 2 is 2.04 bits per heavy atom. The summed E-state index contributed by atoms with van der Waals surface area (Å²) in [7, 11) is 2.11. The summed E-state index contributed by atoms with van der Waals surface area (Å²) >= 11 is 1.62. The molecule has 7 nitrogen and oxygen atoms in total. The number of anilines is 1. The van der Waals surface area contributed by atoms with Gasteiger partial charge in [0.1, 0.15) is 22.5 Å². The van der Waals surface area contributed by atoms with Gasteiger partial charge in [0.2, 0.25) is 0 Å². The van der Waals surface area contributed by atoms with Crippen molar-refractivity contribution in [1.29, 1.82) is 0 Å². The number of thioether (sulfide) groups is 1. The fourth-order valence-electron chi connectivity index (χ4n) is 3.30. The van der Waals surface area contributed by atoms with Gasteiger partial charge in [-0.25, -0.2) is 14.3 Å². The van der Waals surface area contributed by atoms with Crippen LogP contribution in [-0.4, -0.2) is 63.6 Å². The van der Waals surface area contributed by atoms with Crippen LogP contribution in [0.1, 0.15) is 33.6 Å². The number of ether oxygens (including phenoxy) is 1. The molecule has 1 fully saturated rings. The van der Waals surface area contributed by atoms with E-state index < -0.39 is 5.60 Å². The lowest BCUT2D eigenvalue weighted by molar-refractivity contribution is 0.0205. The molecule has 1 saturated heterocycles. The van der Waals surface area contributed by atoms with Gasteiger partial charge in [-0.3, -0.25) is 0 Å². The summed E-state index contributed by atoms with van der Waals surface area (Å²) in [6.45, 7) is 7.11. The quantitative estimate of drug-likeness (QED) is 0.765. The standard InChI is InChI=1S/C18H27N5O2S/c1-18(2,3)25-17(24)22-9-6-13(7-10-22)21(4)14-8-11-23-15(14)16(26-5)19-12-20-23/h8,11-13H,6-7,9-10H2,1-5H3. The van der Waals surface area contributed by atoms with Gasteiger partial charge in [0.25, 0.3) is 0 Å². The number of hydrogen-bond donors (Lipinski definition) is 0. The van der Waals surface area contributed by atoms with Crippen molar-refractivity contribution in [2.45, 2.75) is 50.3 Å². The molecule has 8 heteroatoms. The van der Waals surface area contributed by atoms with Crippen LogP contribution in [0.4, 0.5) is 10.5 Å². The Hall–Kier alpha value is -1.96. The zero-order valence-electron chi connectivity index (χ0n) is 16.1. The van der Waals surface area contributed by atoms with Gasteiger partial charge in [-0.1, -0.05) is 0 Å². The number of likely N-dealkylation sites (tertiary alicyclic amines) is 1. The number of hydrogen-bond acceptors (Lipinski definition) is 6. The highest BCUT2D eigenvalue weighted by Gasteiger charge is 2.29. The third-order valence-corrected chi connectivity index (χ3v) is 5.32. The molecule has 0 aliphatic carbocycles. The molecule has 0 unspecified atom stereocenters. The van der Waals surface area contributed by atoms with E-state index in [-0.39, 0.29) is 6.09 Å². The topological polar surface area (TPSA) is 63.0 Å². The molecular weight excluding hydrogens is 350 g/mol. The SMILES string of the molecule is CSc1ncnn2ccc(N(C)C3CCN(C(=O)OC(C)(C)C)CC3)c12. The fourth-order valence-corrected chi connectivity index (χ4v) is 3.85. The second kappa shape index (κ2) is 7.34. The molecule has 3 rings (SSSR count). The van der Waals surface area contributed by atoms with Crippen molar-refractivity contribution in [3.8, 4) is 0 Å². The summed E-state index contributed by atoms with van der Waals surface area (Å²) in [5.74, 6) is 0. The van der Waals surface area contributed by atoms with E-state index >= 15 is 0 Å². The Labute approximate surface area is 158 Å². The molecule has 0 bridgehead atoms. The van der Waals surface area contributed by atoms with Crippen LogP contribution in [0.15, 0.2) is 23.6 Å². The summed E-state index contributed by atoms with van der Waals surface area (Å²) in [5, 5.41) is 5.27. The summed E-state index contributed by atoms with van der Waals surface area (Å²) in [6.07, 6.45) is 7.19. The zero-order valence-corrected chi connectivity index (χ0v) is 16.9. The van der Waals surface area contributed by atoms with Crippen molar-refractivity contribution in [1.82, 2.24) is 19.5 Å². The third kappa shape index (κ3) is 3.90. The van der Waals surface area contributed by atoms with E-state index in [4.69, 9.17) is 4.74 Å². The van der Waals surface area contributed by atoms with Crippen LogP contribution in [-0.2, 0) is 4.74 Å². The largest absolute Gasteiger partial charge is 0.444 e. The highest BCUT2D eigenvalue weighted by atomic mass is 32.2. The summed E-state index contributed by atoms with van der Waals surface area (Å²) in [4.78, 5) is 20.7. The minimum Gasteiger partial charge on any atom is -0.444 e. The second-order valence-corrected chi connectivity index (χ2v) is 8.37. The third-order valence-electron chi connectivity index (χ3n) is 4.64. The number of carbonyl (C=O) groups is 1. The Morgan fingerprint density at radius 1 is 1.35 bits per heavy atom. The number of aromatic nitrogens is 3. The predicted molar refractivity (Wildman–Crippen MR) is 104 cm³/mol. The van der Waals surface area contributed by atoms with Crippen molar-refractivity contribution in [3.63, 3.8) is 0 Å². The predicted octanol–water partition coefficient (Wildman–Crippen LogP) is 3.29. The van der Waals surface area contributed by atoms with E-state index in [2.05, 4.69) is 28.1 Å². The number of piperidine rings is 1. The Kier molecular flexibility index (Phi) is 5.32. The Balaban J connectivity index is 1.70. The summed E-state index contributed by atoms with van der Waals surface area (Å²) < 4.78 is 7.36. The van der Waals surface area contributed by atoms with Gasteiger partial charge in [0.15, 0.2) is 0 Å². The van der Waals surface area contributed by atoms with Crippen LogP contribution in [0.25, 0.3) is 5.52 Å². The smallest absolute Gasteiger partial charge is 0.410 e. The van der Waals surface area contributed by atoms with E-state index in [1.165, 1.54) is 0 Å². The molecule has 3 heterocycles. The van der Waals surface area contributed by atoms with Crippen LogP contribution in [0, 0.1) is 0 Å². The number of rotatable bonds is 3. The van der Waals surface area contributed by atoms with Crippen LogP contribution in [0.2, 0.25) is 0 Å². The number of nitrogens with zero attached hydrogens (tertiary/aromatic N) is 5. The molecule has 1 amide bonds. The van der Waals surface area contributed by atoms with Crippen LogP contribution >= 0.6 is 11.8 Å². The van der Waals surface area contributed by atoms with Crippen molar-refractivity contribution in [3.05, 3.63) is 18.6 Å². The fraction of sp³-hybridized carbons (Fsp3) is 0.611. The normalized spacial score (nSPS) is 16.1. The van der Waals surface area contributed by atoms with Gasteiger partial charge in [0.05, 0.1) is 5.69 Å². The van der Waals surface area contributed by atoms with E-state index in [0.29, 0.717) is 19.1 Å². The molecule has 2 aromatic heterocycles. The highest BCUT2D eigenvalue weighted by Crippen LogP contribution is 2.31. The first-order valence-electron chi connectivity index (χ1n) is 8.87. The molecule has 1 aliphatic heterocycles. The molecule has 0 saturated carbocycles. The molecule has 1 aliphatic rings. The Morgan fingerprint density at radius 3 is 2.65 bits per heavy atom. The summed E-state index contributed by atoms with van der Waals surface area (Å²) in [5.41, 5.74) is 1.72. The molecule has 0 N–H and O–H groups in total. The number of carbonyl (C=O) groups excluding carboxylic acids is 1. The first-order valence-corrected chi connectivity index (χ1v) is 10.1. The first kappa shape index (κ1) is 18.8. The van der Waals surface area contributed by atoms with E-state index in [0.717, 1.165) is 29.1 Å². The van der Waals surface area contributed by atoms with E-state index in [1.54, 1.807) is 18.1 Å². The second-order valence-electron chi connectivity index (χ2n) is 7.57. The van der Waals surface area contributed by atoms with Crippen molar-refractivity contribution in [2.24, 2.45) is 0 Å². The molecule has 0 aromatic carbocycles. The van der Waals surface area contributed by atoms with E-state index in [9.17, 15) is 4.79 Å². The maximum Gasteiger partial charge on any atom is 0.410 e. The average Bonchev–Trinajstić information content (AvgIpc) is 3.04.